The van der Waals surface area contributed by atoms with Crippen LogP contribution in [0.1, 0.15) is 21.3 Å². The van der Waals surface area contributed by atoms with Gasteiger partial charge in [0.25, 0.3) is 5.91 Å². The SMILES string of the molecule is COc1ccc(N2C(=O)CS[C@H]2c2cccc(NC(=O)c3cccc(F)c3)c2)cc1. The standard InChI is InChI=1S/C23H19FN2O3S/c1-29-20-10-8-19(9-11-20)26-21(27)14-30-23(26)16-5-3-7-18(13-16)25-22(28)15-4-2-6-17(24)12-15/h2-13,23H,14H2,1H3,(H,25,28)/t23-/m0/s1. The number of amides is 2. The molecule has 30 heavy (non-hydrogen) atoms. The fourth-order valence-corrected chi connectivity index (χ4v) is 4.46. The molecule has 1 saturated heterocycles. The Morgan fingerprint density at radius 3 is 2.60 bits per heavy atom. The van der Waals surface area contributed by atoms with Gasteiger partial charge < -0.3 is 10.1 Å². The summed E-state index contributed by atoms with van der Waals surface area (Å²) in [4.78, 5) is 26.7. The zero-order chi connectivity index (χ0) is 21.1. The van der Waals surface area contributed by atoms with Gasteiger partial charge in [-0.2, -0.15) is 0 Å². The molecule has 1 fully saturated rings. The molecular weight excluding hydrogens is 403 g/mol. The van der Waals surface area contributed by atoms with Gasteiger partial charge in [0, 0.05) is 16.9 Å². The molecule has 1 N–H and O–H groups in total. The van der Waals surface area contributed by atoms with E-state index in [2.05, 4.69) is 5.32 Å². The number of nitrogens with zero attached hydrogens (tertiary/aromatic N) is 1. The molecule has 1 atom stereocenters. The summed E-state index contributed by atoms with van der Waals surface area (Å²) >= 11 is 1.53. The second-order valence-corrected chi connectivity index (χ2v) is 7.78. The average Bonchev–Trinajstić information content (AvgIpc) is 3.15. The summed E-state index contributed by atoms with van der Waals surface area (Å²) in [5.41, 5.74) is 2.49. The molecular formula is C23H19FN2O3S. The highest BCUT2D eigenvalue weighted by Crippen LogP contribution is 2.42. The van der Waals surface area contributed by atoms with Crippen LogP contribution in [-0.2, 0) is 4.79 Å². The molecule has 1 heterocycles. The van der Waals surface area contributed by atoms with Crippen molar-refractivity contribution in [3.05, 3.63) is 89.7 Å². The van der Waals surface area contributed by atoms with E-state index in [0.717, 1.165) is 17.0 Å². The Kier molecular flexibility index (Phi) is 5.72. The lowest BCUT2D eigenvalue weighted by molar-refractivity contribution is -0.115. The summed E-state index contributed by atoms with van der Waals surface area (Å²) in [7, 11) is 1.60. The molecule has 152 valence electrons. The second-order valence-electron chi connectivity index (χ2n) is 6.72. The first kappa shape index (κ1) is 20.0. The molecule has 3 aromatic carbocycles. The van der Waals surface area contributed by atoms with E-state index in [9.17, 15) is 14.0 Å². The smallest absolute Gasteiger partial charge is 0.255 e. The van der Waals surface area contributed by atoms with Crippen molar-refractivity contribution in [3.8, 4) is 5.75 Å². The molecule has 3 aromatic rings. The Balaban J connectivity index is 1.57. The number of methoxy groups -OCH3 is 1. The van der Waals surface area contributed by atoms with Crippen LogP contribution in [0.3, 0.4) is 0 Å². The largest absolute Gasteiger partial charge is 0.497 e. The molecule has 0 unspecified atom stereocenters. The molecule has 0 aliphatic carbocycles. The van der Waals surface area contributed by atoms with Crippen LogP contribution < -0.4 is 15.0 Å². The average molecular weight is 422 g/mol. The summed E-state index contributed by atoms with van der Waals surface area (Å²) in [6.07, 6.45) is 0. The first-order valence-electron chi connectivity index (χ1n) is 9.30. The van der Waals surface area contributed by atoms with Crippen molar-refractivity contribution in [3.63, 3.8) is 0 Å². The van der Waals surface area contributed by atoms with Gasteiger partial charge in [-0.3, -0.25) is 14.5 Å². The minimum Gasteiger partial charge on any atom is -0.497 e. The number of carbonyl (C=O) groups excluding carboxylic acids is 2. The van der Waals surface area contributed by atoms with Crippen LogP contribution in [0.2, 0.25) is 0 Å². The third kappa shape index (κ3) is 4.16. The number of rotatable bonds is 5. The van der Waals surface area contributed by atoms with Gasteiger partial charge in [-0.25, -0.2) is 4.39 Å². The summed E-state index contributed by atoms with van der Waals surface area (Å²) < 4.78 is 18.6. The lowest BCUT2D eigenvalue weighted by Crippen LogP contribution is -2.27. The topological polar surface area (TPSA) is 58.6 Å². The molecule has 1 aliphatic heterocycles. The van der Waals surface area contributed by atoms with Crippen molar-refractivity contribution in [2.75, 3.05) is 23.1 Å². The van der Waals surface area contributed by atoms with E-state index in [1.807, 2.05) is 42.5 Å². The first-order chi connectivity index (χ1) is 14.5. The zero-order valence-corrected chi connectivity index (χ0v) is 17.0. The quantitative estimate of drug-likeness (QED) is 0.638. The lowest BCUT2D eigenvalue weighted by atomic mass is 10.1. The Morgan fingerprint density at radius 1 is 1.10 bits per heavy atom. The maximum Gasteiger partial charge on any atom is 0.255 e. The van der Waals surface area contributed by atoms with E-state index >= 15 is 0 Å². The molecule has 0 aromatic heterocycles. The zero-order valence-electron chi connectivity index (χ0n) is 16.2. The van der Waals surface area contributed by atoms with Gasteiger partial charge in [-0.15, -0.1) is 11.8 Å². The third-order valence-electron chi connectivity index (χ3n) is 4.73. The molecule has 2 amide bonds. The number of nitrogens with one attached hydrogen (secondary N) is 1. The van der Waals surface area contributed by atoms with Crippen molar-refractivity contribution < 1.29 is 18.7 Å². The van der Waals surface area contributed by atoms with Gasteiger partial charge in [-0.1, -0.05) is 18.2 Å². The van der Waals surface area contributed by atoms with Gasteiger partial charge in [0.05, 0.1) is 12.9 Å². The van der Waals surface area contributed by atoms with Crippen molar-refractivity contribution in [1.82, 2.24) is 0 Å². The molecule has 0 bridgehead atoms. The number of hydrogen-bond donors (Lipinski definition) is 1. The first-order valence-corrected chi connectivity index (χ1v) is 10.3. The van der Waals surface area contributed by atoms with Crippen molar-refractivity contribution in [2.45, 2.75) is 5.37 Å². The highest BCUT2D eigenvalue weighted by Gasteiger charge is 2.34. The van der Waals surface area contributed by atoms with Crippen LogP contribution in [-0.4, -0.2) is 24.7 Å². The van der Waals surface area contributed by atoms with E-state index in [-0.39, 0.29) is 16.8 Å². The third-order valence-corrected chi connectivity index (χ3v) is 5.95. The van der Waals surface area contributed by atoms with Crippen LogP contribution in [0.4, 0.5) is 15.8 Å². The Morgan fingerprint density at radius 2 is 1.87 bits per heavy atom. The number of carbonyl (C=O) groups is 2. The maximum absolute atomic E-state index is 13.4. The summed E-state index contributed by atoms with van der Waals surface area (Å²) in [5.74, 6) is 0.249. The van der Waals surface area contributed by atoms with E-state index in [0.29, 0.717) is 11.4 Å². The van der Waals surface area contributed by atoms with E-state index in [1.54, 1.807) is 24.1 Å². The Hall–Kier alpha value is -3.32. The lowest BCUT2D eigenvalue weighted by Gasteiger charge is -2.25. The minimum absolute atomic E-state index is 0.0179. The minimum atomic E-state index is -0.465. The number of thioether (sulfide) groups is 1. The van der Waals surface area contributed by atoms with Crippen LogP contribution >= 0.6 is 11.8 Å². The predicted molar refractivity (Wildman–Crippen MR) is 116 cm³/mol. The number of halogens is 1. The van der Waals surface area contributed by atoms with Crippen LogP contribution in [0.25, 0.3) is 0 Å². The Bertz CT molecular complexity index is 1090. The Labute approximate surface area is 177 Å². The molecule has 7 heteroatoms. The van der Waals surface area contributed by atoms with Gasteiger partial charge in [0.1, 0.15) is 16.9 Å². The maximum atomic E-state index is 13.4. The fourth-order valence-electron chi connectivity index (χ4n) is 3.30. The van der Waals surface area contributed by atoms with Crippen molar-refractivity contribution in [1.29, 1.82) is 0 Å². The fraction of sp³-hybridized carbons (Fsp3) is 0.130. The van der Waals surface area contributed by atoms with Gasteiger partial charge in [0.2, 0.25) is 5.91 Å². The molecule has 0 saturated carbocycles. The number of ether oxygens (including phenoxy) is 1. The predicted octanol–water partition coefficient (Wildman–Crippen LogP) is 4.87. The van der Waals surface area contributed by atoms with E-state index < -0.39 is 11.7 Å². The second kappa shape index (κ2) is 8.59. The highest BCUT2D eigenvalue weighted by atomic mass is 32.2. The molecule has 5 nitrogen and oxygen atoms in total. The van der Waals surface area contributed by atoms with Crippen LogP contribution in [0, 0.1) is 5.82 Å². The molecule has 0 radical (unpaired) electrons. The highest BCUT2D eigenvalue weighted by molar-refractivity contribution is 8.00. The van der Waals surface area contributed by atoms with Crippen molar-refractivity contribution >= 4 is 35.0 Å². The van der Waals surface area contributed by atoms with Gasteiger partial charge >= 0.3 is 0 Å². The summed E-state index contributed by atoms with van der Waals surface area (Å²) in [6, 6.07) is 20.2. The van der Waals surface area contributed by atoms with E-state index in [1.165, 1.54) is 30.0 Å². The summed E-state index contributed by atoms with van der Waals surface area (Å²) in [6.45, 7) is 0. The number of hydrogen-bond acceptors (Lipinski definition) is 4. The molecule has 1 aliphatic rings. The van der Waals surface area contributed by atoms with Crippen LogP contribution in [0.5, 0.6) is 5.75 Å². The van der Waals surface area contributed by atoms with Gasteiger partial charge in [-0.05, 0) is 60.2 Å². The van der Waals surface area contributed by atoms with E-state index in [4.69, 9.17) is 4.74 Å². The summed E-state index contributed by atoms with van der Waals surface area (Å²) in [5, 5.41) is 2.58. The monoisotopic (exact) mass is 422 g/mol. The normalized spacial score (nSPS) is 15.9. The number of anilines is 2. The molecule has 4 rings (SSSR count). The van der Waals surface area contributed by atoms with Crippen molar-refractivity contribution in [2.24, 2.45) is 0 Å². The number of benzene rings is 3. The van der Waals surface area contributed by atoms with Crippen LogP contribution in [0.15, 0.2) is 72.8 Å². The molecule has 0 spiro atoms. The van der Waals surface area contributed by atoms with Gasteiger partial charge in [0.15, 0.2) is 0 Å².